The van der Waals surface area contributed by atoms with Gasteiger partial charge in [0, 0.05) is 20.1 Å². The van der Waals surface area contributed by atoms with Crippen molar-refractivity contribution >= 4 is 61.7 Å². The number of piperidine rings is 1. The van der Waals surface area contributed by atoms with Crippen LogP contribution in [-0.2, 0) is 24.3 Å². The minimum absolute atomic E-state index is 0.0220. The van der Waals surface area contributed by atoms with Crippen LogP contribution in [0.2, 0.25) is 5.02 Å². The van der Waals surface area contributed by atoms with Crippen molar-refractivity contribution in [3.05, 3.63) is 44.8 Å². The van der Waals surface area contributed by atoms with Crippen molar-refractivity contribution in [2.75, 3.05) is 38.7 Å². The Bertz CT molecular complexity index is 1350. The van der Waals surface area contributed by atoms with Crippen LogP contribution in [-0.4, -0.2) is 69.8 Å². The highest BCUT2D eigenvalue weighted by atomic mass is 35.5. The van der Waals surface area contributed by atoms with Crippen molar-refractivity contribution in [1.82, 2.24) is 9.62 Å². The summed E-state index contributed by atoms with van der Waals surface area (Å²) in [5.74, 6) is -2.96. The number of hydrogen-bond donors (Lipinski definition) is 2. The lowest BCUT2D eigenvalue weighted by Gasteiger charge is -2.26. The first-order chi connectivity index (χ1) is 18.0. The van der Waals surface area contributed by atoms with E-state index in [2.05, 4.69) is 10.6 Å². The Morgan fingerprint density at radius 2 is 1.76 bits per heavy atom. The molecular weight excluding hydrogens is 558 g/mol. The van der Waals surface area contributed by atoms with E-state index < -0.39 is 40.4 Å². The molecule has 0 spiro atoms. The van der Waals surface area contributed by atoms with E-state index in [0.717, 1.165) is 36.7 Å². The molecule has 38 heavy (non-hydrogen) atoms. The first-order valence-corrected chi connectivity index (χ1v) is 14.4. The highest BCUT2D eigenvalue weighted by Crippen LogP contribution is 2.34. The highest BCUT2D eigenvalue weighted by molar-refractivity contribution is 7.89. The summed E-state index contributed by atoms with van der Waals surface area (Å²) in [4.78, 5) is 50.0. The second-order valence-electron chi connectivity index (χ2n) is 8.29. The van der Waals surface area contributed by atoms with Crippen molar-refractivity contribution in [2.45, 2.75) is 38.0 Å². The molecule has 206 valence electrons. The number of nitrogens with one attached hydrogen (secondary N) is 2. The van der Waals surface area contributed by atoms with Gasteiger partial charge in [0.2, 0.25) is 10.0 Å². The summed E-state index contributed by atoms with van der Waals surface area (Å²) in [7, 11) is -2.39. The van der Waals surface area contributed by atoms with Gasteiger partial charge in [-0.05, 0) is 50.5 Å². The molecule has 2 heterocycles. The first kappa shape index (κ1) is 29.6. The van der Waals surface area contributed by atoms with Gasteiger partial charge in [-0.2, -0.15) is 4.31 Å². The smallest absolute Gasteiger partial charge is 0.341 e. The molecule has 0 saturated carbocycles. The lowest BCUT2D eigenvalue weighted by molar-refractivity contribution is -0.119. The number of halogens is 1. The fourth-order valence-corrected chi connectivity index (χ4v) is 6.72. The van der Waals surface area contributed by atoms with Gasteiger partial charge in [-0.1, -0.05) is 18.0 Å². The number of thiophene rings is 1. The zero-order valence-corrected chi connectivity index (χ0v) is 23.5. The summed E-state index contributed by atoms with van der Waals surface area (Å²) < 4.78 is 37.4. The summed E-state index contributed by atoms with van der Waals surface area (Å²) in [6.07, 6.45) is 2.46. The van der Waals surface area contributed by atoms with E-state index in [4.69, 9.17) is 21.1 Å². The Labute approximate surface area is 229 Å². The van der Waals surface area contributed by atoms with Crippen molar-refractivity contribution in [2.24, 2.45) is 0 Å². The molecule has 0 atom stereocenters. The van der Waals surface area contributed by atoms with Crippen molar-refractivity contribution in [1.29, 1.82) is 0 Å². The molecule has 1 aromatic carbocycles. The van der Waals surface area contributed by atoms with Gasteiger partial charge in [-0.3, -0.25) is 9.59 Å². The normalized spacial score (nSPS) is 14.0. The van der Waals surface area contributed by atoms with Crippen molar-refractivity contribution < 1.29 is 37.1 Å². The van der Waals surface area contributed by atoms with Crippen LogP contribution in [0.25, 0.3) is 0 Å². The van der Waals surface area contributed by atoms with Gasteiger partial charge in [-0.15, -0.1) is 11.3 Å². The quantitative estimate of drug-likeness (QED) is 0.426. The third kappa shape index (κ3) is 6.52. The molecule has 2 aromatic rings. The fraction of sp³-hybridized carbons (Fsp3) is 0.417. The number of amides is 2. The minimum Gasteiger partial charge on any atom is -0.462 e. The van der Waals surface area contributed by atoms with Crippen LogP contribution in [0.4, 0.5) is 5.00 Å². The summed E-state index contributed by atoms with van der Waals surface area (Å²) in [5.41, 5.74) is 0.144. The molecule has 1 fully saturated rings. The van der Waals surface area contributed by atoms with E-state index in [0.29, 0.717) is 18.7 Å². The number of ether oxygens (including phenoxy) is 2. The Hall–Kier alpha value is -3.00. The number of anilines is 1. The molecule has 2 N–H and O–H groups in total. The lowest BCUT2D eigenvalue weighted by atomic mass is 10.1. The molecule has 11 nitrogen and oxygen atoms in total. The number of sulfonamides is 1. The van der Waals surface area contributed by atoms with Crippen LogP contribution in [0.3, 0.4) is 0 Å². The Kier molecular flexibility index (Phi) is 9.88. The second-order valence-corrected chi connectivity index (χ2v) is 11.7. The summed E-state index contributed by atoms with van der Waals surface area (Å²) in [6, 6.07) is 3.73. The standard InChI is InChI=1S/C24H28ClN3O8S2/c1-4-35-24(32)19-14(2)20(21(30)26-3)37-22(19)27-18(29)13-36-23(31)16-12-15(8-9-17(16)25)38(33,34)28-10-6-5-7-11-28/h8-9,12H,4-7,10-11,13H2,1-3H3,(H,26,30)(H,27,29). The van der Waals surface area contributed by atoms with E-state index >= 15 is 0 Å². The molecule has 3 rings (SSSR count). The molecule has 14 heteroatoms. The largest absolute Gasteiger partial charge is 0.462 e. The van der Waals surface area contributed by atoms with Crippen molar-refractivity contribution in [3.63, 3.8) is 0 Å². The predicted molar refractivity (Wildman–Crippen MR) is 141 cm³/mol. The van der Waals surface area contributed by atoms with Crippen LogP contribution in [0, 0.1) is 6.92 Å². The van der Waals surface area contributed by atoms with Gasteiger partial charge in [0.15, 0.2) is 6.61 Å². The van der Waals surface area contributed by atoms with Gasteiger partial charge in [0.25, 0.3) is 11.8 Å². The zero-order valence-electron chi connectivity index (χ0n) is 21.1. The molecule has 1 aliphatic rings. The Morgan fingerprint density at radius 1 is 1.08 bits per heavy atom. The Balaban J connectivity index is 1.75. The van der Waals surface area contributed by atoms with Gasteiger partial charge in [0.05, 0.1) is 32.5 Å². The van der Waals surface area contributed by atoms with E-state index in [1.165, 1.54) is 23.5 Å². The number of benzene rings is 1. The number of carbonyl (C=O) groups excluding carboxylic acids is 4. The summed E-state index contributed by atoms with van der Waals surface area (Å²) in [6.45, 7) is 3.28. The lowest BCUT2D eigenvalue weighted by Crippen LogP contribution is -2.35. The maximum Gasteiger partial charge on any atom is 0.341 e. The number of nitrogens with zero attached hydrogens (tertiary/aromatic N) is 1. The van der Waals surface area contributed by atoms with Crippen LogP contribution >= 0.6 is 22.9 Å². The third-order valence-electron chi connectivity index (χ3n) is 5.76. The summed E-state index contributed by atoms with van der Waals surface area (Å²) in [5, 5.41) is 4.96. The van der Waals surface area contributed by atoms with Crippen LogP contribution in [0.15, 0.2) is 23.1 Å². The predicted octanol–water partition coefficient (Wildman–Crippen LogP) is 3.22. The van der Waals surface area contributed by atoms with Crippen LogP contribution < -0.4 is 10.6 Å². The fourth-order valence-electron chi connectivity index (χ4n) is 3.83. The van der Waals surface area contributed by atoms with Gasteiger partial charge < -0.3 is 20.1 Å². The molecule has 1 aromatic heterocycles. The SMILES string of the molecule is CCOC(=O)c1c(NC(=O)COC(=O)c2cc(S(=O)(=O)N3CCCCC3)ccc2Cl)sc(C(=O)NC)c1C. The molecule has 0 aliphatic carbocycles. The van der Waals surface area contributed by atoms with Crippen molar-refractivity contribution in [3.8, 4) is 0 Å². The van der Waals surface area contributed by atoms with E-state index in [-0.39, 0.29) is 37.5 Å². The van der Waals surface area contributed by atoms with E-state index in [1.54, 1.807) is 13.8 Å². The number of esters is 2. The topological polar surface area (TPSA) is 148 Å². The number of hydrogen-bond acceptors (Lipinski definition) is 9. The highest BCUT2D eigenvalue weighted by Gasteiger charge is 2.29. The monoisotopic (exact) mass is 585 g/mol. The van der Waals surface area contributed by atoms with E-state index in [9.17, 15) is 27.6 Å². The van der Waals surface area contributed by atoms with Crippen LogP contribution in [0.5, 0.6) is 0 Å². The molecule has 2 amide bonds. The van der Waals surface area contributed by atoms with Gasteiger partial charge >= 0.3 is 11.9 Å². The minimum atomic E-state index is -3.82. The summed E-state index contributed by atoms with van der Waals surface area (Å²) >= 11 is 7.00. The average Bonchev–Trinajstić information content (AvgIpc) is 3.22. The number of carbonyl (C=O) groups is 4. The molecule has 0 unspecified atom stereocenters. The second kappa shape index (κ2) is 12.7. The van der Waals surface area contributed by atoms with Gasteiger partial charge in [0.1, 0.15) is 5.00 Å². The maximum atomic E-state index is 13.0. The maximum absolute atomic E-state index is 13.0. The Morgan fingerprint density at radius 3 is 2.39 bits per heavy atom. The van der Waals surface area contributed by atoms with E-state index in [1.807, 2.05) is 0 Å². The first-order valence-electron chi connectivity index (χ1n) is 11.8. The zero-order chi connectivity index (χ0) is 28.0. The molecule has 1 aliphatic heterocycles. The number of rotatable bonds is 9. The van der Waals surface area contributed by atoms with Crippen LogP contribution in [0.1, 0.15) is 62.1 Å². The molecule has 1 saturated heterocycles. The molecule has 0 bridgehead atoms. The third-order valence-corrected chi connectivity index (χ3v) is 9.19. The molecule has 0 radical (unpaired) electrons. The van der Waals surface area contributed by atoms with Gasteiger partial charge in [-0.25, -0.2) is 18.0 Å². The molecular formula is C24H28ClN3O8S2. The average molecular weight is 586 g/mol.